The zero-order valence-corrected chi connectivity index (χ0v) is 24.0. The minimum absolute atomic E-state index is 0.0627. The van der Waals surface area contributed by atoms with Gasteiger partial charge in [-0.1, -0.05) is 31.4 Å². The van der Waals surface area contributed by atoms with Gasteiger partial charge in [-0.3, -0.25) is 9.59 Å². The van der Waals surface area contributed by atoms with Crippen molar-refractivity contribution in [1.82, 2.24) is 14.6 Å². The first kappa shape index (κ1) is 28.2. The van der Waals surface area contributed by atoms with E-state index in [1.807, 2.05) is 36.4 Å². The number of nitrogens with zero attached hydrogens (tertiary/aromatic N) is 2. The van der Waals surface area contributed by atoms with Crippen molar-refractivity contribution in [3.63, 3.8) is 0 Å². The normalized spacial score (nSPS) is 14.3. The number of aromatic nitrogens is 1. The molecule has 0 saturated heterocycles. The molecular formula is C31H34N4O5S. The van der Waals surface area contributed by atoms with Crippen molar-refractivity contribution in [3.05, 3.63) is 83.1 Å². The van der Waals surface area contributed by atoms with Crippen molar-refractivity contribution in [2.45, 2.75) is 50.7 Å². The molecular weight excluding hydrogens is 540 g/mol. The summed E-state index contributed by atoms with van der Waals surface area (Å²) >= 11 is 1.02. The third-order valence-electron chi connectivity index (χ3n) is 7.40. The van der Waals surface area contributed by atoms with Crippen molar-refractivity contribution in [2.75, 3.05) is 20.0 Å². The number of methoxy groups -OCH3 is 2. The lowest BCUT2D eigenvalue weighted by Gasteiger charge is -2.33. The molecule has 41 heavy (non-hydrogen) atoms. The largest absolute Gasteiger partial charge is 0.497 e. The average Bonchev–Trinajstić information content (AvgIpc) is 3.67. The third kappa shape index (κ3) is 6.38. The SMILES string of the molecule is COc1ccc(-c2nsc(C(=O)N(Cc3ccco3)C(C(=O)NC3CCCCC3)c3ccc(OC)cc3)c2N)cc1. The highest BCUT2D eigenvalue weighted by atomic mass is 32.1. The quantitative estimate of drug-likeness (QED) is 0.244. The molecule has 3 N–H and O–H groups in total. The number of nitrogens with two attached hydrogens (primary N) is 1. The molecule has 9 nitrogen and oxygen atoms in total. The molecule has 2 heterocycles. The third-order valence-corrected chi connectivity index (χ3v) is 8.25. The first-order valence-electron chi connectivity index (χ1n) is 13.7. The second kappa shape index (κ2) is 12.9. The number of rotatable bonds is 10. The topological polar surface area (TPSA) is 120 Å². The summed E-state index contributed by atoms with van der Waals surface area (Å²) < 4.78 is 20.7. The molecule has 4 aromatic rings. The van der Waals surface area contributed by atoms with Crippen LogP contribution in [0.2, 0.25) is 0 Å². The van der Waals surface area contributed by atoms with Gasteiger partial charge in [0.1, 0.15) is 33.9 Å². The van der Waals surface area contributed by atoms with E-state index in [-0.39, 0.29) is 29.1 Å². The van der Waals surface area contributed by atoms with Crippen LogP contribution in [0.3, 0.4) is 0 Å². The van der Waals surface area contributed by atoms with Crippen LogP contribution in [-0.2, 0) is 11.3 Å². The van der Waals surface area contributed by atoms with Gasteiger partial charge in [0.05, 0.1) is 32.7 Å². The second-order valence-corrected chi connectivity index (χ2v) is 10.8. The molecule has 1 atom stereocenters. The van der Waals surface area contributed by atoms with Crippen LogP contribution in [0.25, 0.3) is 11.3 Å². The van der Waals surface area contributed by atoms with Gasteiger partial charge in [-0.2, -0.15) is 4.37 Å². The number of anilines is 1. The van der Waals surface area contributed by atoms with Crippen LogP contribution in [-0.4, -0.2) is 41.3 Å². The Morgan fingerprint density at radius 2 is 1.68 bits per heavy atom. The molecule has 1 unspecified atom stereocenters. The molecule has 214 valence electrons. The fourth-order valence-electron chi connectivity index (χ4n) is 5.18. The summed E-state index contributed by atoms with van der Waals surface area (Å²) in [7, 11) is 3.18. The number of nitrogen functional groups attached to an aromatic ring is 1. The number of carbonyl (C=O) groups excluding carboxylic acids is 2. The van der Waals surface area contributed by atoms with Gasteiger partial charge >= 0.3 is 0 Å². The van der Waals surface area contributed by atoms with E-state index in [1.165, 1.54) is 11.3 Å². The summed E-state index contributed by atoms with van der Waals surface area (Å²) in [4.78, 5) is 30.1. The smallest absolute Gasteiger partial charge is 0.269 e. The molecule has 1 fully saturated rings. The summed E-state index contributed by atoms with van der Waals surface area (Å²) in [5, 5.41) is 3.22. The summed E-state index contributed by atoms with van der Waals surface area (Å²) in [6, 6.07) is 17.2. The lowest BCUT2D eigenvalue weighted by Crippen LogP contribution is -2.46. The minimum atomic E-state index is -0.939. The van der Waals surface area contributed by atoms with Crippen molar-refractivity contribution in [1.29, 1.82) is 0 Å². The predicted molar refractivity (Wildman–Crippen MR) is 158 cm³/mol. The van der Waals surface area contributed by atoms with Gasteiger partial charge in [-0.25, -0.2) is 0 Å². The summed E-state index contributed by atoms with van der Waals surface area (Å²) in [6.45, 7) is 0.0653. The molecule has 10 heteroatoms. The summed E-state index contributed by atoms with van der Waals surface area (Å²) in [5.41, 5.74) is 8.73. The maximum absolute atomic E-state index is 14.3. The van der Waals surface area contributed by atoms with E-state index in [1.54, 1.807) is 44.7 Å². The predicted octanol–water partition coefficient (Wildman–Crippen LogP) is 5.84. The maximum atomic E-state index is 14.3. The molecule has 0 bridgehead atoms. The molecule has 0 radical (unpaired) electrons. The van der Waals surface area contributed by atoms with Crippen LogP contribution < -0.4 is 20.5 Å². The van der Waals surface area contributed by atoms with E-state index in [9.17, 15) is 9.59 Å². The van der Waals surface area contributed by atoms with Crippen molar-refractivity contribution >= 4 is 29.0 Å². The number of amides is 2. The lowest BCUT2D eigenvalue weighted by molar-refractivity contribution is -0.127. The molecule has 1 aliphatic carbocycles. The summed E-state index contributed by atoms with van der Waals surface area (Å²) in [5.74, 6) is 1.24. The molecule has 1 aliphatic rings. The van der Waals surface area contributed by atoms with Crippen LogP contribution in [0.1, 0.15) is 59.1 Å². The Morgan fingerprint density at radius 1 is 1.02 bits per heavy atom. The molecule has 5 rings (SSSR count). The van der Waals surface area contributed by atoms with Crippen LogP contribution in [0, 0.1) is 0 Å². The molecule has 1 saturated carbocycles. The maximum Gasteiger partial charge on any atom is 0.269 e. The van der Waals surface area contributed by atoms with E-state index >= 15 is 0 Å². The molecule has 0 spiro atoms. The number of benzene rings is 2. The van der Waals surface area contributed by atoms with Gasteiger partial charge in [-0.15, -0.1) is 0 Å². The van der Waals surface area contributed by atoms with Crippen LogP contribution in [0.5, 0.6) is 11.5 Å². The van der Waals surface area contributed by atoms with Gasteiger partial charge in [0.2, 0.25) is 5.91 Å². The number of furan rings is 1. The van der Waals surface area contributed by atoms with E-state index in [2.05, 4.69) is 9.69 Å². The van der Waals surface area contributed by atoms with Gasteiger partial charge in [0.15, 0.2) is 0 Å². The molecule has 2 amide bonds. The van der Waals surface area contributed by atoms with Crippen molar-refractivity contribution in [2.24, 2.45) is 0 Å². The highest BCUT2D eigenvalue weighted by Crippen LogP contribution is 2.35. The van der Waals surface area contributed by atoms with Gasteiger partial charge in [-0.05, 0) is 78.5 Å². The molecule has 2 aromatic heterocycles. The zero-order chi connectivity index (χ0) is 28.8. The Morgan fingerprint density at radius 3 is 2.29 bits per heavy atom. The van der Waals surface area contributed by atoms with Gasteiger partial charge < -0.3 is 29.8 Å². The Kier molecular flexibility index (Phi) is 8.88. The number of hydrogen-bond donors (Lipinski definition) is 2. The standard InChI is InChI=1S/C31H34N4O5S/c1-38-23-14-10-20(11-15-23)27-26(32)29(41-34-27)31(37)35(19-25-9-6-18-40-25)28(21-12-16-24(39-2)17-13-21)30(36)33-22-7-4-3-5-8-22/h6,9-18,22,28H,3-5,7-8,19,32H2,1-2H3,(H,33,36). The Balaban J connectivity index is 1.53. The van der Waals surface area contributed by atoms with Crippen molar-refractivity contribution < 1.29 is 23.5 Å². The fraction of sp³-hybridized carbons (Fsp3) is 0.323. The first-order valence-corrected chi connectivity index (χ1v) is 14.4. The van der Waals surface area contributed by atoms with Crippen LogP contribution >= 0.6 is 11.5 Å². The van der Waals surface area contributed by atoms with Crippen molar-refractivity contribution in [3.8, 4) is 22.8 Å². The fourth-order valence-corrected chi connectivity index (χ4v) is 5.95. The Hall–Kier alpha value is -4.31. The summed E-state index contributed by atoms with van der Waals surface area (Å²) in [6.07, 6.45) is 6.68. The monoisotopic (exact) mass is 574 g/mol. The van der Waals surface area contributed by atoms with Gasteiger partial charge in [0, 0.05) is 11.6 Å². The number of hydrogen-bond acceptors (Lipinski definition) is 8. The Bertz CT molecular complexity index is 1440. The second-order valence-electron chi connectivity index (χ2n) is 10.0. The first-order chi connectivity index (χ1) is 20.0. The van der Waals surface area contributed by atoms with Gasteiger partial charge in [0.25, 0.3) is 5.91 Å². The number of carbonyl (C=O) groups is 2. The average molecular weight is 575 g/mol. The zero-order valence-electron chi connectivity index (χ0n) is 23.2. The van der Waals surface area contributed by atoms with E-state index in [0.717, 1.165) is 42.8 Å². The minimum Gasteiger partial charge on any atom is -0.497 e. The van der Waals surface area contributed by atoms with Crippen LogP contribution in [0.15, 0.2) is 71.3 Å². The highest BCUT2D eigenvalue weighted by Gasteiger charge is 2.36. The van der Waals surface area contributed by atoms with E-state index in [0.29, 0.717) is 28.5 Å². The van der Waals surface area contributed by atoms with E-state index in [4.69, 9.17) is 19.6 Å². The number of nitrogens with one attached hydrogen (secondary N) is 1. The highest BCUT2D eigenvalue weighted by molar-refractivity contribution is 7.09. The Labute approximate surface area is 243 Å². The van der Waals surface area contributed by atoms with Crippen LogP contribution in [0.4, 0.5) is 5.69 Å². The molecule has 0 aliphatic heterocycles. The number of ether oxygens (including phenoxy) is 2. The lowest BCUT2D eigenvalue weighted by atomic mass is 9.94. The van der Waals surface area contributed by atoms with E-state index < -0.39 is 11.9 Å². The molecule has 2 aromatic carbocycles.